The average Bonchev–Trinajstić information content (AvgIpc) is 3.13. The highest BCUT2D eigenvalue weighted by Crippen LogP contribution is 2.16. The van der Waals surface area contributed by atoms with E-state index in [2.05, 4.69) is 38.0 Å². The molecular formula is C18H28Cl2N6O. The number of carbonyl (C=O) groups is 1. The van der Waals surface area contributed by atoms with Gasteiger partial charge in [0.05, 0.1) is 12.2 Å². The van der Waals surface area contributed by atoms with E-state index in [-0.39, 0.29) is 30.7 Å². The first kappa shape index (κ1) is 23.4. The van der Waals surface area contributed by atoms with Crippen molar-refractivity contribution in [1.82, 2.24) is 30.5 Å². The van der Waals surface area contributed by atoms with Crippen LogP contribution in [-0.2, 0) is 6.54 Å². The minimum absolute atomic E-state index is 0. The maximum absolute atomic E-state index is 12.2. The molecule has 0 unspecified atom stereocenters. The van der Waals surface area contributed by atoms with Crippen molar-refractivity contribution in [3.05, 3.63) is 47.8 Å². The van der Waals surface area contributed by atoms with Gasteiger partial charge in [0.15, 0.2) is 5.69 Å². The van der Waals surface area contributed by atoms with E-state index in [1.165, 1.54) is 5.56 Å². The minimum atomic E-state index is -0.159. The lowest BCUT2D eigenvalue weighted by Gasteiger charge is -2.22. The summed E-state index contributed by atoms with van der Waals surface area (Å²) in [5, 5.41) is 14.4. The zero-order valence-electron chi connectivity index (χ0n) is 15.5. The fourth-order valence-electron chi connectivity index (χ4n) is 3.06. The molecule has 9 heteroatoms. The van der Waals surface area contributed by atoms with Crippen LogP contribution in [0, 0.1) is 0 Å². The number of carbonyl (C=O) groups excluding carboxylic acids is 1. The third-order valence-electron chi connectivity index (χ3n) is 4.50. The van der Waals surface area contributed by atoms with Gasteiger partial charge in [-0.2, -0.15) is 0 Å². The summed E-state index contributed by atoms with van der Waals surface area (Å²) >= 11 is 0. The normalized spacial score (nSPS) is 14.3. The third kappa shape index (κ3) is 7.10. The molecule has 2 N–H and O–H groups in total. The second-order valence-corrected chi connectivity index (χ2v) is 6.54. The number of nitrogens with one attached hydrogen (secondary N) is 2. The van der Waals surface area contributed by atoms with Gasteiger partial charge in [-0.25, -0.2) is 4.68 Å². The maximum atomic E-state index is 12.2. The lowest BCUT2D eigenvalue weighted by molar-refractivity contribution is 0.0944. The van der Waals surface area contributed by atoms with Crippen LogP contribution in [0.25, 0.3) is 0 Å². The molecule has 0 spiro atoms. The van der Waals surface area contributed by atoms with Crippen LogP contribution in [0.4, 0.5) is 0 Å². The molecule has 0 radical (unpaired) electrons. The molecule has 27 heavy (non-hydrogen) atoms. The van der Waals surface area contributed by atoms with Gasteiger partial charge in [-0.15, -0.1) is 29.9 Å². The van der Waals surface area contributed by atoms with Crippen LogP contribution in [-0.4, -0.2) is 59.0 Å². The molecule has 150 valence electrons. The van der Waals surface area contributed by atoms with Gasteiger partial charge in [0, 0.05) is 19.6 Å². The number of benzene rings is 1. The average molecular weight is 415 g/mol. The number of hydrogen-bond donors (Lipinski definition) is 2. The fraction of sp³-hybridized carbons (Fsp3) is 0.500. The standard InChI is InChI=1S/C18H26N6O.2ClH/c1-23(13-15-5-3-2-4-6-15)12-11-20-18(25)17-14-24(22-21-17)16-7-9-19-10-8-16;;/h2-6,14,16,19H,7-13H2,1H3,(H,20,25);2*1H. The predicted octanol–water partition coefficient (Wildman–Crippen LogP) is 1.91. The van der Waals surface area contributed by atoms with Crippen molar-refractivity contribution in [3.8, 4) is 0 Å². The smallest absolute Gasteiger partial charge is 0.273 e. The lowest BCUT2D eigenvalue weighted by atomic mass is 10.1. The maximum Gasteiger partial charge on any atom is 0.273 e. The highest BCUT2D eigenvalue weighted by Gasteiger charge is 2.18. The minimum Gasteiger partial charge on any atom is -0.349 e. The number of rotatable bonds is 7. The summed E-state index contributed by atoms with van der Waals surface area (Å²) in [6.45, 7) is 4.20. The van der Waals surface area contributed by atoms with Crippen LogP contribution in [0.2, 0.25) is 0 Å². The summed E-state index contributed by atoms with van der Waals surface area (Å²) < 4.78 is 1.83. The molecule has 1 aromatic carbocycles. The Morgan fingerprint density at radius 1 is 1.26 bits per heavy atom. The van der Waals surface area contributed by atoms with Gasteiger partial charge in [0.25, 0.3) is 5.91 Å². The first-order chi connectivity index (χ1) is 12.2. The van der Waals surface area contributed by atoms with Gasteiger partial charge in [-0.05, 0) is 38.5 Å². The van der Waals surface area contributed by atoms with Crippen LogP contribution < -0.4 is 10.6 Å². The van der Waals surface area contributed by atoms with Crippen LogP contribution >= 0.6 is 24.8 Å². The van der Waals surface area contributed by atoms with Crippen molar-refractivity contribution in [2.75, 3.05) is 33.2 Å². The van der Waals surface area contributed by atoms with Crippen LogP contribution in [0.3, 0.4) is 0 Å². The van der Waals surface area contributed by atoms with E-state index in [4.69, 9.17) is 0 Å². The Morgan fingerprint density at radius 2 is 1.96 bits per heavy atom. The molecule has 2 heterocycles. The number of piperidine rings is 1. The second-order valence-electron chi connectivity index (χ2n) is 6.54. The van der Waals surface area contributed by atoms with E-state index in [1.54, 1.807) is 6.20 Å². The summed E-state index contributed by atoms with van der Waals surface area (Å²) in [7, 11) is 2.05. The molecule has 1 fully saturated rings. The Morgan fingerprint density at radius 3 is 2.67 bits per heavy atom. The van der Waals surface area contributed by atoms with Gasteiger partial charge in [0.1, 0.15) is 0 Å². The topological polar surface area (TPSA) is 75.1 Å². The van der Waals surface area contributed by atoms with Crippen LogP contribution in [0.5, 0.6) is 0 Å². The van der Waals surface area contributed by atoms with Crippen molar-refractivity contribution in [3.63, 3.8) is 0 Å². The third-order valence-corrected chi connectivity index (χ3v) is 4.50. The van der Waals surface area contributed by atoms with Gasteiger partial charge in [-0.1, -0.05) is 35.5 Å². The molecule has 0 saturated carbocycles. The van der Waals surface area contributed by atoms with Crippen molar-refractivity contribution in [1.29, 1.82) is 0 Å². The molecule has 1 aliphatic heterocycles. The Hall–Kier alpha value is -1.67. The predicted molar refractivity (Wildman–Crippen MR) is 111 cm³/mol. The molecule has 1 amide bonds. The summed E-state index contributed by atoms with van der Waals surface area (Å²) in [4.78, 5) is 14.4. The number of amides is 1. The Balaban J connectivity index is 0.00000182. The van der Waals surface area contributed by atoms with E-state index in [9.17, 15) is 4.79 Å². The van der Waals surface area contributed by atoms with Crippen LogP contribution in [0.15, 0.2) is 36.5 Å². The van der Waals surface area contributed by atoms with E-state index in [0.29, 0.717) is 18.3 Å². The van der Waals surface area contributed by atoms with Crippen molar-refractivity contribution in [2.24, 2.45) is 0 Å². The summed E-state index contributed by atoms with van der Waals surface area (Å²) in [5.41, 5.74) is 1.66. The highest BCUT2D eigenvalue weighted by atomic mass is 35.5. The van der Waals surface area contributed by atoms with Crippen molar-refractivity contribution >= 4 is 30.7 Å². The van der Waals surface area contributed by atoms with Gasteiger partial charge >= 0.3 is 0 Å². The second kappa shape index (κ2) is 11.9. The number of aromatic nitrogens is 3. The van der Waals surface area contributed by atoms with E-state index >= 15 is 0 Å². The largest absolute Gasteiger partial charge is 0.349 e. The molecule has 0 bridgehead atoms. The fourth-order valence-corrected chi connectivity index (χ4v) is 3.06. The lowest BCUT2D eigenvalue weighted by Crippen LogP contribution is -2.33. The molecular weight excluding hydrogens is 387 g/mol. The number of nitrogens with zero attached hydrogens (tertiary/aromatic N) is 4. The number of halogens is 2. The monoisotopic (exact) mass is 414 g/mol. The number of hydrogen-bond acceptors (Lipinski definition) is 5. The molecule has 0 atom stereocenters. The Kier molecular flexibility index (Phi) is 10.3. The molecule has 0 aliphatic carbocycles. The molecule has 7 nitrogen and oxygen atoms in total. The van der Waals surface area contributed by atoms with E-state index in [1.807, 2.05) is 29.9 Å². The number of likely N-dealkylation sites (N-methyl/N-ethyl adjacent to an activating group) is 1. The molecule has 2 aromatic rings. The van der Waals surface area contributed by atoms with Crippen molar-refractivity contribution in [2.45, 2.75) is 25.4 Å². The molecule has 1 saturated heterocycles. The SMILES string of the molecule is CN(CCNC(=O)c1cn(C2CCNCC2)nn1)Cc1ccccc1.Cl.Cl. The quantitative estimate of drug-likeness (QED) is 0.723. The van der Waals surface area contributed by atoms with Crippen molar-refractivity contribution < 1.29 is 4.79 Å². The Bertz CT molecular complexity index is 676. The van der Waals surface area contributed by atoms with Gasteiger partial charge in [-0.3, -0.25) is 4.79 Å². The zero-order valence-corrected chi connectivity index (χ0v) is 17.1. The zero-order chi connectivity index (χ0) is 17.5. The first-order valence-corrected chi connectivity index (χ1v) is 8.85. The van der Waals surface area contributed by atoms with E-state index < -0.39 is 0 Å². The first-order valence-electron chi connectivity index (χ1n) is 8.85. The summed E-state index contributed by atoms with van der Waals surface area (Å²) in [6.07, 6.45) is 3.81. The Labute approximate surface area is 172 Å². The van der Waals surface area contributed by atoms with Crippen LogP contribution in [0.1, 0.15) is 34.9 Å². The van der Waals surface area contributed by atoms with Gasteiger partial charge < -0.3 is 15.5 Å². The summed E-state index contributed by atoms with van der Waals surface area (Å²) in [6, 6.07) is 10.6. The molecule has 1 aliphatic rings. The molecule has 1 aromatic heterocycles. The summed E-state index contributed by atoms with van der Waals surface area (Å²) in [5.74, 6) is -0.159. The van der Waals surface area contributed by atoms with E-state index in [0.717, 1.165) is 39.0 Å². The highest BCUT2D eigenvalue weighted by molar-refractivity contribution is 5.91. The van der Waals surface area contributed by atoms with Gasteiger partial charge in [0.2, 0.25) is 0 Å². The molecule has 3 rings (SSSR count).